The topological polar surface area (TPSA) is 32.5 Å². The Kier molecular flexibility index (Phi) is 5.22. The van der Waals surface area contributed by atoms with Crippen LogP contribution in [0, 0.1) is 5.92 Å². The van der Waals surface area contributed by atoms with E-state index in [9.17, 15) is 0 Å². The van der Waals surface area contributed by atoms with Gasteiger partial charge in [0.25, 0.3) is 0 Å². The summed E-state index contributed by atoms with van der Waals surface area (Å²) in [5.41, 5.74) is 6.32. The predicted octanol–water partition coefficient (Wildman–Crippen LogP) is 1.39. The molecule has 1 aliphatic carbocycles. The van der Waals surface area contributed by atoms with Crippen molar-refractivity contribution in [3.05, 3.63) is 0 Å². The van der Waals surface area contributed by atoms with Gasteiger partial charge in [-0.15, -0.1) is 0 Å². The van der Waals surface area contributed by atoms with E-state index in [1.807, 2.05) is 0 Å². The molecule has 0 aromatic carbocycles. The second-order valence-corrected chi connectivity index (χ2v) is 5.85. The average molecular weight is 227 g/mol. The second-order valence-electron chi connectivity index (χ2n) is 5.85. The van der Waals surface area contributed by atoms with E-state index in [1.54, 1.807) is 0 Å². The zero-order valence-corrected chi connectivity index (χ0v) is 11.5. The molecule has 0 saturated heterocycles. The first-order chi connectivity index (χ1) is 7.50. The van der Waals surface area contributed by atoms with Crippen LogP contribution in [0.15, 0.2) is 0 Å². The molecule has 1 fully saturated rings. The molecule has 0 aromatic heterocycles. The van der Waals surface area contributed by atoms with Crippen LogP contribution in [0.3, 0.4) is 0 Å². The molecule has 1 aliphatic rings. The third kappa shape index (κ3) is 3.44. The van der Waals surface area contributed by atoms with Crippen LogP contribution < -0.4 is 5.73 Å². The highest BCUT2D eigenvalue weighted by molar-refractivity contribution is 4.94. The monoisotopic (exact) mass is 227 g/mol. The number of rotatable bonds is 5. The Morgan fingerprint density at radius 2 is 1.94 bits per heavy atom. The first-order valence-electron chi connectivity index (χ1n) is 6.56. The van der Waals surface area contributed by atoms with Gasteiger partial charge in [0.2, 0.25) is 0 Å². The summed E-state index contributed by atoms with van der Waals surface area (Å²) in [5.74, 6) is 0.833. The molecule has 96 valence electrons. The van der Waals surface area contributed by atoms with Crippen LogP contribution in [-0.2, 0) is 0 Å². The minimum Gasteiger partial charge on any atom is -0.329 e. The van der Waals surface area contributed by atoms with E-state index >= 15 is 0 Å². The summed E-state index contributed by atoms with van der Waals surface area (Å²) in [6.45, 7) is 5.41. The molecule has 0 aromatic rings. The van der Waals surface area contributed by atoms with Crippen molar-refractivity contribution in [1.82, 2.24) is 9.80 Å². The predicted molar refractivity (Wildman–Crippen MR) is 70.6 cm³/mol. The van der Waals surface area contributed by atoms with Gasteiger partial charge in [-0.3, -0.25) is 4.90 Å². The fraction of sp³-hybridized carbons (Fsp3) is 1.00. The highest BCUT2D eigenvalue weighted by atomic mass is 15.2. The molecular weight excluding hydrogens is 198 g/mol. The van der Waals surface area contributed by atoms with Gasteiger partial charge in [-0.05, 0) is 39.9 Å². The Morgan fingerprint density at radius 1 is 1.25 bits per heavy atom. The molecule has 0 spiro atoms. The minimum atomic E-state index is 0.272. The lowest BCUT2D eigenvalue weighted by atomic mass is 9.75. The van der Waals surface area contributed by atoms with Crippen LogP contribution >= 0.6 is 0 Å². The number of likely N-dealkylation sites (N-methyl/N-ethyl adjacent to an activating group) is 2. The molecule has 0 bridgehead atoms. The van der Waals surface area contributed by atoms with E-state index in [0.717, 1.165) is 25.6 Å². The second kappa shape index (κ2) is 5.99. The summed E-state index contributed by atoms with van der Waals surface area (Å²) in [6.07, 6.45) is 5.26. The van der Waals surface area contributed by atoms with Crippen molar-refractivity contribution < 1.29 is 0 Å². The SMILES string of the molecule is CC1CCCC(CN)(N(C)CCN(C)C)C1. The Balaban J connectivity index is 2.56. The summed E-state index contributed by atoms with van der Waals surface area (Å²) in [7, 11) is 6.51. The summed E-state index contributed by atoms with van der Waals surface area (Å²) < 4.78 is 0. The van der Waals surface area contributed by atoms with Gasteiger partial charge in [0.1, 0.15) is 0 Å². The van der Waals surface area contributed by atoms with Crippen LogP contribution in [0.4, 0.5) is 0 Å². The van der Waals surface area contributed by atoms with Crippen molar-refractivity contribution in [2.45, 2.75) is 38.1 Å². The molecule has 3 heteroatoms. The van der Waals surface area contributed by atoms with Crippen molar-refractivity contribution in [3.8, 4) is 0 Å². The highest BCUT2D eigenvalue weighted by Crippen LogP contribution is 2.35. The summed E-state index contributed by atoms with van der Waals surface area (Å²) >= 11 is 0. The number of hydrogen-bond acceptors (Lipinski definition) is 3. The average Bonchev–Trinajstić information content (AvgIpc) is 2.25. The third-order valence-electron chi connectivity index (χ3n) is 4.14. The molecular formula is C13H29N3. The molecule has 3 nitrogen and oxygen atoms in total. The normalized spacial score (nSPS) is 31.3. The fourth-order valence-corrected chi connectivity index (χ4v) is 2.91. The van der Waals surface area contributed by atoms with Crippen LogP contribution in [0.2, 0.25) is 0 Å². The van der Waals surface area contributed by atoms with E-state index in [0.29, 0.717) is 0 Å². The highest BCUT2D eigenvalue weighted by Gasteiger charge is 2.36. The van der Waals surface area contributed by atoms with Crippen molar-refractivity contribution in [2.24, 2.45) is 11.7 Å². The third-order valence-corrected chi connectivity index (χ3v) is 4.14. The van der Waals surface area contributed by atoms with Crippen LogP contribution in [-0.4, -0.2) is 56.1 Å². The fourth-order valence-electron chi connectivity index (χ4n) is 2.91. The molecule has 0 heterocycles. The lowest BCUT2D eigenvalue weighted by Crippen LogP contribution is -2.55. The van der Waals surface area contributed by atoms with Gasteiger partial charge in [0.05, 0.1) is 0 Å². The largest absolute Gasteiger partial charge is 0.329 e. The molecule has 1 saturated carbocycles. The van der Waals surface area contributed by atoms with Crippen molar-refractivity contribution in [2.75, 3.05) is 40.8 Å². The smallest absolute Gasteiger partial charge is 0.0331 e. The lowest BCUT2D eigenvalue weighted by molar-refractivity contribution is 0.0568. The molecule has 16 heavy (non-hydrogen) atoms. The number of nitrogens with zero attached hydrogens (tertiary/aromatic N) is 2. The van der Waals surface area contributed by atoms with Gasteiger partial charge in [0, 0.05) is 25.2 Å². The van der Waals surface area contributed by atoms with E-state index in [2.05, 4.69) is 37.9 Å². The Bertz CT molecular complexity index is 205. The molecule has 0 radical (unpaired) electrons. The maximum absolute atomic E-state index is 6.05. The lowest BCUT2D eigenvalue weighted by Gasteiger charge is -2.46. The van der Waals surface area contributed by atoms with Gasteiger partial charge < -0.3 is 10.6 Å². The van der Waals surface area contributed by atoms with Gasteiger partial charge in [-0.25, -0.2) is 0 Å². The molecule has 2 N–H and O–H groups in total. The molecule has 0 amide bonds. The first-order valence-corrected chi connectivity index (χ1v) is 6.56. The Morgan fingerprint density at radius 3 is 2.44 bits per heavy atom. The van der Waals surface area contributed by atoms with Crippen LogP contribution in [0.25, 0.3) is 0 Å². The summed E-state index contributed by atoms with van der Waals surface area (Å²) in [4.78, 5) is 4.75. The van der Waals surface area contributed by atoms with Crippen LogP contribution in [0.5, 0.6) is 0 Å². The van der Waals surface area contributed by atoms with E-state index in [1.165, 1.54) is 25.7 Å². The van der Waals surface area contributed by atoms with E-state index in [4.69, 9.17) is 5.73 Å². The molecule has 2 atom stereocenters. The van der Waals surface area contributed by atoms with Crippen LogP contribution in [0.1, 0.15) is 32.6 Å². The van der Waals surface area contributed by atoms with E-state index < -0.39 is 0 Å². The van der Waals surface area contributed by atoms with Crippen molar-refractivity contribution in [1.29, 1.82) is 0 Å². The van der Waals surface area contributed by atoms with Crippen molar-refractivity contribution in [3.63, 3.8) is 0 Å². The molecule has 1 rings (SSSR count). The number of hydrogen-bond donors (Lipinski definition) is 1. The van der Waals surface area contributed by atoms with Gasteiger partial charge in [-0.2, -0.15) is 0 Å². The first kappa shape index (κ1) is 13.9. The zero-order valence-electron chi connectivity index (χ0n) is 11.5. The maximum atomic E-state index is 6.05. The Hall–Kier alpha value is -0.120. The molecule has 0 aliphatic heterocycles. The summed E-state index contributed by atoms with van der Waals surface area (Å²) in [6, 6.07) is 0. The van der Waals surface area contributed by atoms with Gasteiger partial charge >= 0.3 is 0 Å². The minimum absolute atomic E-state index is 0.272. The molecule has 2 unspecified atom stereocenters. The summed E-state index contributed by atoms with van der Waals surface area (Å²) in [5, 5.41) is 0. The Labute approximate surface area is 101 Å². The quantitative estimate of drug-likeness (QED) is 0.770. The zero-order chi connectivity index (χ0) is 12.2. The number of nitrogens with two attached hydrogens (primary N) is 1. The van der Waals surface area contributed by atoms with Gasteiger partial charge in [0.15, 0.2) is 0 Å². The standard InChI is InChI=1S/C13H29N3/c1-12-6-5-7-13(10-12,11-14)16(4)9-8-15(2)3/h12H,5-11,14H2,1-4H3. The van der Waals surface area contributed by atoms with E-state index in [-0.39, 0.29) is 5.54 Å². The van der Waals surface area contributed by atoms with Gasteiger partial charge in [-0.1, -0.05) is 19.8 Å². The van der Waals surface area contributed by atoms with Crippen molar-refractivity contribution >= 4 is 0 Å². The maximum Gasteiger partial charge on any atom is 0.0331 e.